The van der Waals surface area contributed by atoms with Crippen molar-refractivity contribution in [1.29, 1.82) is 0 Å². The predicted molar refractivity (Wildman–Crippen MR) is 244 cm³/mol. The molecule has 0 saturated carbocycles. The van der Waals surface area contributed by atoms with Gasteiger partial charge in [-0.25, -0.2) is 9.97 Å². The van der Waals surface area contributed by atoms with Crippen LogP contribution >= 0.6 is 0 Å². The number of hydrogen-bond donors (Lipinski definition) is 2. The molecule has 298 valence electrons. The Labute approximate surface area is 355 Å². The normalized spacial score (nSPS) is 16.4. The topological polar surface area (TPSA) is 144 Å². The summed E-state index contributed by atoms with van der Waals surface area (Å²) in [6.07, 6.45) is 4.27. The lowest BCUT2D eigenvalue weighted by Crippen LogP contribution is -2.45. The van der Waals surface area contributed by atoms with Crippen molar-refractivity contribution in [3.8, 4) is 44.5 Å². The average molecular weight is 809 g/mol. The van der Waals surface area contributed by atoms with Gasteiger partial charge in [-0.3, -0.25) is 20.2 Å². The second-order valence-corrected chi connectivity index (χ2v) is 15.9. The molecule has 11 rings (SSSR count). The zero-order valence-corrected chi connectivity index (χ0v) is 33.2. The quantitative estimate of drug-likeness (QED) is 0.126. The maximum absolute atomic E-state index is 14.4. The Balaban J connectivity index is 1.42. The molecule has 2 unspecified atom stereocenters. The highest BCUT2D eigenvalue weighted by atomic mass is 16.6. The molecule has 8 aromatic rings. The molecule has 2 aliphatic heterocycles. The predicted octanol–water partition coefficient (Wildman–Crippen LogP) is 12.1. The molecule has 5 aromatic carbocycles. The first kappa shape index (κ1) is 36.8. The van der Waals surface area contributed by atoms with Crippen molar-refractivity contribution >= 4 is 39.9 Å². The average Bonchev–Trinajstić information content (AvgIpc) is 4.13. The summed E-state index contributed by atoms with van der Waals surface area (Å²) in [5, 5.41) is 27.7. The van der Waals surface area contributed by atoms with Gasteiger partial charge in [0, 0.05) is 44.3 Å². The van der Waals surface area contributed by atoms with Crippen LogP contribution in [0.4, 0.5) is 5.69 Å². The van der Waals surface area contributed by atoms with E-state index < -0.39 is 16.4 Å². The van der Waals surface area contributed by atoms with Crippen molar-refractivity contribution < 1.29 is 9.85 Å². The Morgan fingerprint density at radius 2 is 1.03 bits per heavy atom. The van der Waals surface area contributed by atoms with E-state index in [1.54, 1.807) is 0 Å². The number of hydrogen-bond acceptors (Lipinski definition) is 6. The summed E-state index contributed by atoms with van der Waals surface area (Å²) < 4.78 is 0. The molecule has 2 atom stereocenters. The zero-order chi connectivity index (χ0) is 42.0. The molecule has 2 N–H and O–H groups in total. The van der Waals surface area contributed by atoms with Gasteiger partial charge >= 0.3 is 0 Å². The highest BCUT2D eigenvalue weighted by Crippen LogP contribution is 2.55. The molecule has 10 nitrogen and oxygen atoms in total. The summed E-state index contributed by atoms with van der Waals surface area (Å²) in [5.41, 5.74) is 9.62. The molecule has 1 aliphatic carbocycles. The fourth-order valence-electron chi connectivity index (χ4n) is 9.76. The minimum Gasteiger partial charge on any atom is -0.354 e. The van der Waals surface area contributed by atoms with Crippen LogP contribution in [0.2, 0.25) is 0 Å². The monoisotopic (exact) mass is 808 g/mol. The van der Waals surface area contributed by atoms with Gasteiger partial charge in [-0.1, -0.05) is 146 Å². The molecule has 3 aromatic heterocycles. The second-order valence-electron chi connectivity index (χ2n) is 15.9. The lowest BCUT2D eigenvalue weighted by Gasteiger charge is -2.34. The van der Waals surface area contributed by atoms with Crippen molar-refractivity contribution in [2.24, 2.45) is 0 Å². The van der Waals surface area contributed by atoms with Crippen LogP contribution in [-0.2, 0) is 18.4 Å². The van der Waals surface area contributed by atoms with Gasteiger partial charge in [0.1, 0.15) is 11.2 Å². The van der Waals surface area contributed by atoms with Gasteiger partial charge in [-0.15, -0.1) is 0 Å². The first-order valence-corrected chi connectivity index (χ1v) is 20.5. The highest BCUT2D eigenvalue weighted by Gasteiger charge is 2.62. The van der Waals surface area contributed by atoms with Crippen molar-refractivity contribution in [3.63, 3.8) is 0 Å². The molecular formula is C52H36N6O4. The van der Waals surface area contributed by atoms with Crippen molar-refractivity contribution in [3.05, 3.63) is 218 Å². The van der Waals surface area contributed by atoms with Gasteiger partial charge in [0.15, 0.2) is 0 Å². The molecule has 10 heteroatoms. The van der Waals surface area contributed by atoms with E-state index in [0.29, 0.717) is 51.3 Å². The lowest BCUT2D eigenvalue weighted by molar-refractivity contribution is -0.584. The Morgan fingerprint density at radius 1 is 0.532 bits per heavy atom. The van der Waals surface area contributed by atoms with Crippen LogP contribution in [-0.4, -0.2) is 29.8 Å². The maximum atomic E-state index is 14.4. The van der Waals surface area contributed by atoms with Crippen LogP contribution in [0.3, 0.4) is 0 Å². The molecule has 0 saturated heterocycles. The van der Waals surface area contributed by atoms with Gasteiger partial charge in [0.25, 0.3) is 11.2 Å². The number of H-pyrrole nitrogens is 2. The number of fused-ring (bicyclic) bond motifs is 12. The number of nitrogens with zero attached hydrogens (tertiary/aromatic N) is 4. The molecular weight excluding hydrogens is 773 g/mol. The molecule has 0 amide bonds. The number of aromatic nitrogens is 4. The number of nitrogens with one attached hydrogen (secondary N) is 2. The Kier molecular flexibility index (Phi) is 8.60. The van der Waals surface area contributed by atoms with Crippen LogP contribution in [0.5, 0.6) is 0 Å². The molecule has 0 radical (unpaired) electrons. The van der Waals surface area contributed by atoms with Crippen molar-refractivity contribution in [1.82, 2.24) is 19.9 Å². The smallest absolute Gasteiger partial charge is 0.295 e. The fourth-order valence-corrected chi connectivity index (χ4v) is 9.76. The summed E-state index contributed by atoms with van der Waals surface area (Å²) in [4.78, 5) is 45.2. The Morgan fingerprint density at radius 3 is 1.61 bits per heavy atom. The lowest BCUT2D eigenvalue weighted by atomic mass is 9.67. The summed E-state index contributed by atoms with van der Waals surface area (Å²) in [7, 11) is 0. The minimum atomic E-state index is -1.76. The van der Waals surface area contributed by atoms with Gasteiger partial charge in [0.2, 0.25) is 0 Å². The van der Waals surface area contributed by atoms with E-state index in [-0.39, 0.29) is 28.2 Å². The third-order valence-corrected chi connectivity index (χ3v) is 12.5. The van der Waals surface area contributed by atoms with E-state index in [2.05, 4.69) is 9.97 Å². The van der Waals surface area contributed by atoms with Crippen molar-refractivity contribution in [2.45, 2.75) is 24.3 Å². The standard InChI is InChI=1S/C52H36N6O4/c59-57(60)44-30-43-48(35-21-11-4-12-22-35)51-52(58(61)62)31-37-24-14-13-23-36(37)29-38(52)49(56-51)46(33-17-7-2-8-18-33)41-27-25-39(53-41)45(32-15-5-1-6-16-32)40-26-28-42(54-40)47(50(44)55-43)34-19-9-3-10-20-34/h1-28,30,38,53,55H,29,31H2. The number of aromatic amines is 2. The van der Waals surface area contributed by atoms with E-state index in [4.69, 9.17) is 9.97 Å². The maximum Gasteiger partial charge on any atom is 0.295 e. The van der Waals surface area contributed by atoms with E-state index in [1.807, 2.05) is 170 Å². The van der Waals surface area contributed by atoms with E-state index >= 15 is 0 Å². The third-order valence-electron chi connectivity index (χ3n) is 12.5. The van der Waals surface area contributed by atoms with E-state index in [0.717, 1.165) is 44.4 Å². The van der Waals surface area contributed by atoms with E-state index in [1.165, 1.54) is 6.07 Å². The first-order valence-electron chi connectivity index (χ1n) is 20.5. The first-order chi connectivity index (χ1) is 30.4. The fraction of sp³-hybridized carbons (Fsp3) is 0.0769. The third kappa shape index (κ3) is 5.79. The van der Waals surface area contributed by atoms with Gasteiger partial charge in [0.05, 0.1) is 39.9 Å². The zero-order valence-electron chi connectivity index (χ0n) is 33.2. The van der Waals surface area contributed by atoms with Crippen LogP contribution in [0.1, 0.15) is 39.8 Å². The van der Waals surface area contributed by atoms with Gasteiger partial charge < -0.3 is 9.97 Å². The minimum absolute atomic E-state index is 0.0699. The highest BCUT2D eigenvalue weighted by molar-refractivity contribution is 6.00. The summed E-state index contributed by atoms with van der Waals surface area (Å²) >= 11 is 0. The second kappa shape index (κ2) is 14.5. The number of nitro groups is 2. The number of benzene rings is 5. The van der Waals surface area contributed by atoms with E-state index in [9.17, 15) is 20.2 Å². The summed E-state index contributed by atoms with van der Waals surface area (Å²) in [5.74, 6) is -0.717. The summed E-state index contributed by atoms with van der Waals surface area (Å²) in [6.45, 7) is 0. The molecule has 3 aliphatic rings. The van der Waals surface area contributed by atoms with Gasteiger partial charge in [-0.2, -0.15) is 0 Å². The summed E-state index contributed by atoms with van der Waals surface area (Å²) in [6, 6.07) is 52.2. The van der Waals surface area contributed by atoms with Crippen LogP contribution in [0.15, 0.2) is 164 Å². The largest absolute Gasteiger partial charge is 0.354 e. The molecule has 62 heavy (non-hydrogen) atoms. The van der Waals surface area contributed by atoms with Crippen molar-refractivity contribution in [2.75, 3.05) is 0 Å². The van der Waals surface area contributed by atoms with Crippen LogP contribution in [0.25, 0.3) is 78.7 Å². The Hall–Kier alpha value is -8.24. The SMILES string of the molecule is O=[N+]([O-])c1cc2[nH]c1c(-c1ccccc1)c1nc(c(-c3ccccc3)c3ccc([nH]3)c(-c3ccccc3)c3nc(c2-c2ccccc2)C2([N+](=O)[O-])Cc4ccccc4CC32)C=C1. The van der Waals surface area contributed by atoms with Crippen LogP contribution in [0, 0.1) is 20.2 Å². The molecule has 0 spiro atoms. The van der Waals surface area contributed by atoms with Crippen LogP contribution < -0.4 is 0 Å². The molecule has 8 bridgehead atoms. The molecule has 0 fully saturated rings. The molecule has 5 heterocycles. The Bertz CT molecular complexity index is 3310. The number of rotatable bonds is 6. The van der Waals surface area contributed by atoms with Gasteiger partial charge in [-0.05, 0) is 64.1 Å².